The van der Waals surface area contributed by atoms with E-state index in [-0.39, 0.29) is 17.6 Å². The number of benzene rings is 2. The lowest BCUT2D eigenvalue weighted by Crippen LogP contribution is -2.43. The number of nitrogens with one attached hydrogen (secondary N) is 2. The Balaban J connectivity index is 0.000000325. The number of para-hydroxylation sites is 1. The van der Waals surface area contributed by atoms with Crippen LogP contribution in [-0.4, -0.2) is 119 Å². The van der Waals surface area contributed by atoms with Crippen molar-refractivity contribution in [2.45, 2.75) is 109 Å². The third-order valence-electron chi connectivity index (χ3n) is 15.2. The highest BCUT2D eigenvalue weighted by atomic mass is 32.1. The number of β-amino-alcohol motifs (C(OH)–C–C–N with tert-alkyl or cyclic N) is 1. The molecule has 2 atom stereocenters. The number of aromatic hydroxyl groups is 1. The van der Waals surface area contributed by atoms with E-state index >= 15 is 0 Å². The van der Waals surface area contributed by atoms with Gasteiger partial charge in [-0.15, -0.1) is 21.5 Å². The molecule has 0 bridgehead atoms. The van der Waals surface area contributed by atoms with E-state index in [2.05, 4.69) is 52.6 Å². The van der Waals surface area contributed by atoms with Crippen LogP contribution in [0.1, 0.15) is 104 Å². The van der Waals surface area contributed by atoms with Gasteiger partial charge in [-0.25, -0.2) is 15.0 Å². The average molecular weight is 1010 g/mol. The van der Waals surface area contributed by atoms with Gasteiger partial charge in [0.2, 0.25) is 18.3 Å². The number of hydrogen-bond acceptors (Lipinski definition) is 15. The first-order valence-electron chi connectivity index (χ1n) is 25.8. The van der Waals surface area contributed by atoms with Crippen molar-refractivity contribution in [2.75, 3.05) is 44.2 Å². The molecular formula is C55H65N11O6S. The fourth-order valence-electron chi connectivity index (χ4n) is 11.1. The van der Waals surface area contributed by atoms with Gasteiger partial charge in [-0.3, -0.25) is 9.59 Å². The van der Waals surface area contributed by atoms with Crippen LogP contribution in [0.2, 0.25) is 0 Å². The summed E-state index contributed by atoms with van der Waals surface area (Å²) in [7, 11) is 0. The number of aromatic nitrogens is 7. The summed E-state index contributed by atoms with van der Waals surface area (Å²) in [6, 6.07) is 19.8. The van der Waals surface area contributed by atoms with E-state index < -0.39 is 12.0 Å². The van der Waals surface area contributed by atoms with Crippen LogP contribution in [-0.2, 0) is 29.1 Å². The minimum Gasteiger partial charge on any atom is -0.507 e. The molecule has 73 heavy (non-hydrogen) atoms. The van der Waals surface area contributed by atoms with Crippen LogP contribution in [0, 0.1) is 18.8 Å². The summed E-state index contributed by atoms with van der Waals surface area (Å²) in [5.74, 6) is 2.44. The monoisotopic (exact) mass is 1010 g/mol. The lowest BCUT2D eigenvalue weighted by Gasteiger charge is -2.40. The molecule has 1 aliphatic carbocycles. The Morgan fingerprint density at radius 1 is 0.959 bits per heavy atom. The zero-order valence-electron chi connectivity index (χ0n) is 41.8. The molecule has 1 saturated carbocycles. The molecule has 0 radical (unpaired) electrons. The van der Waals surface area contributed by atoms with E-state index in [0.717, 1.165) is 80.0 Å². The number of thiazole rings is 1. The van der Waals surface area contributed by atoms with Crippen molar-refractivity contribution in [3.05, 3.63) is 112 Å². The average Bonchev–Trinajstić information content (AvgIpc) is 4.25. The number of phenolic OH excluding ortho intramolecular Hbond substituents is 1. The molecule has 2 aromatic carbocycles. The summed E-state index contributed by atoms with van der Waals surface area (Å²) < 4.78 is 11.7. The molecule has 11 rings (SSSR count). The number of ether oxygens (including phenoxy) is 1. The number of nitrogens with zero attached hydrogens (tertiary/aromatic N) is 9. The van der Waals surface area contributed by atoms with E-state index in [9.17, 15) is 19.8 Å². The van der Waals surface area contributed by atoms with Gasteiger partial charge in [-0.1, -0.05) is 50.2 Å². The number of anilines is 1. The number of aliphatic hydroxyl groups excluding tert-OH is 1. The predicted octanol–water partition coefficient (Wildman–Crippen LogP) is 8.19. The van der Waals surface area contributed by atoms with E-state index in [1.165, 1.54) is 40.1 Å². The summed E-state index contributed by atoms with van der Waals surface area (Å²) >= 11 is 1.64. The van der Waals surface area contributed by atoms with Crippen molar-refractivity contribution in [1.82, 2.24) is 50.4 Å². The first-order valence-corrected chi connectivity index (χ1v) is 26.7. The molecule has 2 saturated heterocycles. The molecule has 0 spiro atoms. The first kappa shape index (κ1) is 49.8. The predicted molar refractivity (Wildman–Crippen MR) is 279 cm³/mol. The maximum Gasteiger partial charge on any atom is 0.254 e. The van der Waals surface area contributed by atoms with Gasteiger partial charge in [0, 0.05) is 85.9 Å². The number of amides is 2. The van der Waals surface area contributed by atoms with Crippen LogP contribution in [0.4, 0.5) is 5.95 Å². The highest BCUT2D eigenvalue weighted by Crippen LogP contribution is 2.37. The fourth-order valence-corrected chi connectivity index (χ4v) is 11.9. The minimum absolute atomic E-state index is 0.0180. The summed E-state index contributed by atoms with van der Waals surface area (Å²) in [5, 5.41) is 37.0. The molecule has 4 aliphatic rings. The molecule has 2 amide bonds. The van der Waals surface area contributed by atoms with Gasteiger partial charge >= 0.3 is 0 Å². The molecule has 18 heteroatoms. The van der Waals surface area contributed by atoms with E-state index in [1.807, 2.05) is 69.0 Å². The molecule has 8 heterocycles. The number of aryl methyl sites for hydroxylation is 1. The molecule has 382 valence electrons. The number of likely N-dealkylation sites (tertiary alicyclic amines) is 2. The molecule has 17 nitrogen and oxygen atoms in total. The number of hydrogen-bond donors (Lipinski definition) is 4. The van der Waals surface area contributed by atoms with E-state index in [4.69, 9.17) is 19.2 Å². The van der Waals surface area contributed by atoms with Crippen molar-refractivity contribution in [1.29, 1.82) is 0 Å². The second-order valence-electron chi connectivity index (χ2n) is 20.4. The second-order valence-corrected chi connectivity index (χ2v) is 21.2. The van der Waals surface area contributed by atoms with Crippen LogP contribution in [0.3, 0.4) is 0 Å². The van der Waals surface area contributed by atoms with Crippen LogP contribution in [0.15, 0.2) is 83.1 Å². The molecule has 7 aromatic rings. The third-order valence-corrected chi connectivity index (χ3v) is 16.2. The van der Waals surface area contributed by atoms with Gasteiger partial charge in [-0.05, 0) is 123 Å². The van der Waals surface area contributed by atoms with Crippen molar-refractivity contribution in [2.24, 2.45) is 11.8 Å². The molecule has 3 fully saturated rings. The molecule has 2 unspecified atom stereocenters. The largest absolute Gasteiger partial charge is 0.507 e. The number of aromatic amines is 1. The Hall–Kier alpha value is -6.76. The zero-order chi connectivity index (χ0) is 50.4. The van der Waals surface area contributed by atoms with Gasteiger partial charge < -0.3 is 44.5 Å². The number of phenols is 1. The summed E-state index contributed by atoms with van der Waals surface area (Å²) in [5.41, 5.74) is 10.8. The second kappa shape index (κ2) is 22.6. The van der Waals surface area contributed by atoms with Crippen LogP contribution in [0.5, 0.6) is 11.6 Å². The quantitative estimate of drug-likeness (QED) is 0.0757. The Bertz CT molecular complexity index is 2960. The lowest BCUT2D eigenvalue weighted by molar-refractivity contribution is -0.133. The summed E-state index contributed by atoms with van der Waals surface area (Å²) in [6.07, 6.45) is 12.6. The fraction of sp³-hybridized carbons (Fsp3) is 0.455. The van der Waals surface area contributed by atoms with Crippen LogP contribution < -0.4 is 15.0 Å². The van der Waals surface area contributed by atoms with Crippen LogP contribution in [0.25, 0.3) is 32.7 Å². The Kier molecular flexibility index (Phi) is 15.4. The number of fused-ring (bicyclic) bond motifs is 3. The van der Waals surface area contributed by atoms with Crippen molar-refractivity contribution >= 4 is 40.6 Å². The number of aliphatic hydroxyl groups is 1. The molecule has 5 aromatic heterocycles. The van der Waals surface area contributed by atoms with Crippen LogP contribution >= 0.6 is 11.3 Å². The normalized spacial score (nSPS) is 19.9. The van der Waals surface area contributed by atoms with E-state index in [1.54, 1.807) is 34.4 Å². The maximum absolute atomic E-state index is 13.2. The highest BCUT2D eigenvalue weighted by molar-refractivity contribution is 7.13. The highest BCUT2D eigenvalue weighted by Gasteiger charge is 2.36. The number of carbonyl (C=O) groups is 2. The standard InChI is InChI=1S/C43H53N9O5.C12H12N2OS/c1-26(2)40(42(55)51-17-13-31(53)23-51)38-20-39(49-57-38)56-25-27-7-9-30(10-8-27)50-15-11-28(12-16-50)29-21-44-43(45-22-29)52-18-14-35-34(24-52)33-19-36(47-48-41(33)46-35)32-5-3-4-6-37(32)54;1-9-12(16-8-14-9)11-4-2-10(3-5-11)6-13-7-15/h3-6,19-22,26-28,30-31,40,53-54H,7-18,23-25H2,1-2H3,(H,46,48);2-5,7-8H,6H2,1H3,(H,13,15). The smallest absolute Gasteiger partial charge is 0.254 e. The Labute approximate surface area is 429 Å². The van der Waals surface area contributed by atoms with Gasteiger partial charge in [-0.2, -0.15) is 0 Å². The SMILES string of the molecule is CC(C)C(C(=O)N1CCC(O)C1)c1cc(OCC2CCC(N3CCC(c4cnc(N5CCc6[nH]c7nnc(-c8ccccc8O)cc7c6C5)nc4)CC3)CC2)no1.Cc1ncsc1-c1ccc(CNC=O)cc1. The van der Waals surface area contributed by atoms with Crippen molar-refractivity contribution < 1.29 is 29.1 Å². The third kappa shape index (κ3) is 11.4. The Morgan fingerprint density at radius 2 is 1.74 bits per heavy atom. The van der Waals surface area contributed by atoms with Gasteiger partial charge in [0.1, 0.15) is 11.7 Å². The van der Waals surface area contributed by atoms with Crippen molar-refractivity contribution in [3.8, 4) is 33.3 Å². The number of rotatable bonds is 14. The molecule has 3 aliphatic heterocycles. The minimum atomic E-state index is -0.452. The zero-order valence-corrected chi connectivity index (χ0v) is 42.6. The summed E-state index contributed by atoms with van der Waals surface area (Å²) in [4.78, 5) is 48.7. The first-order chi connectivity index (χ1) is 35.6. The van der Waals surface area contributed by atoms with Gasteiger partial charge in [0.25, 0.3) is 5.88 Å². The van der Waals surface area contributed by atoms with Gasteiger partial charge in [0.15, 0.2) is 11.4 Å². The topological polar surface area (TPSA) is 212 Å². The summed E-state index contributed by atoms with van der Waals surface area (Å²) in [6.45, 7) is 11.8. The molecular weight excluding hydrogens is 943 g/mol. The van der Waals surface area contributed by atoms with Crippen molar-refractivity contribution in [3.63, 3.8) is 0 Å². The van der Waals surface area contributed by atoms with Gasteiger partial charge in [0.05, 0.1) is 34.5 Å². The maximum atomic E-state index is 13.2. The number of H-pyrrole nitrogens is 1. The molecule has 4 N–H and O–H groups in total. The Morgan fingerprint density at radius 3 is 2.44 bits per heavy atom. The lowest BCUT2D eigenvalue weighted by atomic mass is 9.83. The van der Waals surface area contributed by atoms with E-state index in [0.29, 0.717) is 86.4 Å². The number of piperidine rings is 1. The number of carbonyl (C=O) groups excluding carboxylic acids is 2.